The van der Waals surface area contributed by atoms with Crippen molar-refractivity contribution in [1.82, 2.24) is 0 Å². The average molecular weight is 218 g/mol. The lowest BCUT2D eigenvalue weighted by Crippen LogP contribution is -1.84. The fraction of sp³-hybridized carbons (Fsp3) is 0.0769. The summed E-state index contributed by atoms with van der Waals surface area (Å²) in [5.74, 6) is -0.169. The molecule has 0 fully saturated rings. The van der Waals surface area contributed by atoms with E-state index in [9.17, 15) is 4.39 Å². The summed E-state index contributed by atoms with van der Waals surface area (Å²) in [5, 5.41) is 0. The number of benzene rings is 2. The number of aryl methyl sites for hydroxylation is 1. The SMILES string of the molecule is Cc1ccc(-c2cccc(S)c2)cc1F. The molecule has 0 aliphatic carbocycles. The van der Waals surface area contributed by atoms with E-state index >= 15 is 0 Å². The highest BCUT2D eigenvalue weighted by Crippen LogP contribution is 2.23. The molecular weight excluding hydrogens is 207 g/mol. The van der Waals surface area contributed by atoms with Gasteiger partial charge in [0.25, 0.3) is 0 Å². The number of thiol groups is 1. The van der Waals surface area contributed by atoms with Gasteiger partial charge in [0.15, 0.2) is 0 Å². The number of hydrogen-bond acceptors (Lipinski definition) is 1. The Kier molecular flexibility index (Phi) is 2.78. The molecule has 0 unspecified atom stereocenters. The van der Waals surface area contributed by atoms with Gasteiger partial charge in [-0.05, 0) is 41.8 Å². The number of halogens is 1. The first-order valence-corrected chi connectivity index (χ1v) is 5.17. The van der Waals surface area contributed by atoms with Crippen molar-refractivity contribution in [3.8, 4) is 11.1 Å². The normalized spacial score (nSPS) is 10.3. The summed E-state index contributed by atoms with van der Waals surface area (Å²) in [6, 6.07) is 12.9. The summed E-state index contributed by atoms with van der Waals surface area (Å²) in [7, 11) is 0. The molecule has 0 saturated heterocycles. The van der Waals surface area contributed by atoms with Crippen LogP contribution >= 0.6 is 12.6 Å². The van der Waals surface area contributed by atoms with Gasteiger partial charge in [0.05, 0.1) is 0 Å². The highest BCUT2D eigenvalue weighted by Gasteiger charge is 2.01. The molecule has 0 atom stereocenters. The van der Waals surface area contributed by atoms with Gasteiger partial charge in [-0.15, -0.1) is 12.6 Å². The second-order valence-corrected chi connectivity index (χ2v) is 4.03. The fourth-order valence-corrected chi connectivity index (χ4v) is 1.68. The maximum Gasteiger partial charge on any atom is 0.126 e. The maximum absolute atomic E-state index is 13.3. The van der Waals surface area contributed by atoms with Crippen LogP contribution in [-0.2, 0) is 0 Å². The van der Waals surface area contributed by atoms with Gasteiger partial charge in [-0.25, -0.2) is 4.39 Å². The van der Waals surface area contributed by atoms with E-state index in [2.05, 4.69) is 12.6 Å². The lowest BCUT2D eigenvalue weighted by molar-refractivity contribution is 0.619. The minimum Gasteiger partial charge on any atom is -0.207 e. The van der Waals surface area contributed by atoms with Crippen LogP contribution in [0.1, 0.15) is 5.56 Å². The van der Waals surface area contributed by atoms with Crippen molar-refractivity contribution in [2.24, 2.45) is 0 Å². The third-order valence-electron chi connectivity index (χ3n) is 2.35. The summed E-state index contributed by atoms with van der Waals surface area (Å²) < 4.78 is 13.3. The molecule has 2 heteroatoms. The highest BCUT2D eigenvalue weighted by atomic mass is 32.1. The van der Waals surface area contributed by atoms with Crippen molar-refractivity contribution < 1.29 is 4.39 Å². The van der Waals surface area contributed by atoms with E-state index in [0.717, 1.165) is 16.0 Å². The Bertz CT molecular complexity index is 492. The summed E-state index contributed by atoms with van der Waals surface area (Å²) in [6.07, 6.45) is 0. The predicted octanol–water partition coefficient (Wildman–Crippen LogP) is 4.09. The molecular formula is C13H11FS. The Morgan fingerprint density at radius 1 is 1.00 bits per heavy atom. The molecule has 0 radical (unpaired) electrons. The molecule has 2 aromatic rings. The van der Waals surface area contributed by atoms with Gasteiger partial charge in [-0.1, -0.05) is 24.3 Å². The summed E-state index contributed by atoms with van der Waals surface area (Å²) in [6.45, 7) is 1.76. The second kappa shape index (κ2) is 4.07. The minimum atomic E-state index is -0.169. The van der Waals surface area contributed by atoms with Gasteiger partial charge in [0.1, 0.15) is 5.82 Å². The van der Waals surface area contributed by atoms with Crippen LogP contribution in [-0.4, -0.2) is 0 Å². The summed E-state index contributed by atoms with van der Waals surface area (Å²) in [4.78, 5) is 0.883. The number of hydrogen-bond donors (Lipinski definition) is 1. The third kappa shape index (κ3) is 2.21. The van der Waals surface area contributed by atoms with E-state index < -0.39 is 0 Å². The molecule has 0 bridgehead atoms. The molecule has 0 spiro atoms. The Morgan fingerprint density at radius 2 is 1.73 bits per heavy atom. The van der Waals surface area contributed by atoms with Gasteiger partial charge in [0.2, 0.25) is 0 Å². The topological polar surface area (TPSA) is 0 Å². The smallest absolute Gasteiger partial charge is 0.126 e. The molecule has 2 aromatic carbocycles. The lowest BCUT2D eigenvalue weighted by Gasteiger charge is -2.04. The zero-order valence-corrected chi connectivity index (χ0v) is 9.26. The maximum atomic E-state index is 13.3. The molecule has 0 N–H and O–H groups in total. The van der Waals surface area contributed by atoms with Crippen LogP contribution in [0.25, 0.3) is 11.1 Å². The summed E-state index contributed by atoms with van der Waals surface area (Å²) in [5.41, 5.74) is 2.54. The Balaban J connectivity index is 2.50. The van der Waals surface area contributed by atoms with Crippen LogP contribution < -0.4 is 0 Å². The van der Waals surface area contributed by atoms with E-state index in [1.54, 1.807) is 19.1 Å². The van der Waals surface area contributed by atoms with Crippen LogP contribution in [0.4, 0.5) is 4.39 Å². The molecule has 0 heterocycles. The Morgan fingerprint density at radius 3 is 2.40 bits per heavy atom. The first-order chi connectivity index (χ1) is 7.16. The van der Waals surface area contributed by atoms with E-state index in [4.69, 9.17) is 0 Å². The van der Waals surface area contributed by atoms with Crippen LogP contribution in [0, 0.1) is 12.7 Å². The lowest BCUT2D eigenvalue weighted by atomic mass is 10.0. The van der Waals surface area contributed by atoms with E-state index in [0.29, 0.717) is 5.56 Å². The Hall–Kier alpha value is -1.28. The molecule has 76 valence electrons. The molecule has 0 amide bonds. The first kappa shape index (κ1) is 10.2. The zero-order valence-electron chi connectivity index (χ0n) is 8.37. The first-order valence-electron chi connectivity index (χ1n) is 4.72. The minimum absolute atomic E-state index is 0.169. The highest BCUT2D eigenvalue weighted by molar-refractivity contribution is 7.80. The van der Waals surface area contributed by atoms with Gasteiger partial charge in [-0.2, -0.15) is 0 Å². The second-order valence-electron chi connectivity index (χ2n) is 3.51. The van der Waals surface area contributed by atoms with Crippen molar-refractivity contribution in [2.75, 3.05) is 0 Å². The third-order valence-corrected chi connectivity index (χ3v) is 2.63. The van der Waals surface area contributed by atoms with E-state index in [-0.39, 0.29) is 5.82 Å². The van der Waals surface area contributed by atoms with Crippen LogP contribution in [0.5, 0.6) is 0 Å². The molecule has 15 heavy (non-hydrogen) atoms. The number of rotatable bonds is 1. The predicted molar refractivity (Wildman–Crippen MR) is 63.8 cm³/mol. The van der Waals surface area contributed by atoms with E-state index in [1.165, 1.54) is 0 Å². The largest absolute Gasteiger partial charge is 0.207 e. The monoisotopic (exact) mass is 218 g/mol. The van der Waals surface area contributed by atoms with Crippen molar-refractivity contribution in [3.63, 3.8) is 0 Å². The standard InChI is InChI=1S/C13H11FS/c1-9-5-6-11(8-13(9)14)10-3-2-4-12(15)7-10/h2-8,15H,1H3. The van der Waals surface area contributed by atoms with Crippen molar-refractivity contribution in [3.05, 3.63) is 53.8 Å². The quantitative estimate of drug-likeness (QED) is 0.685. The molecule has 0 aliphatic heterocycles. The molecule has 0 aliphatic rings. The average Bonchev–Trinajstić information content (AvgIpc) is 2.22. The summed E-state index contributed by atoms with van der Waals surface area (Å²) >= 11 is 4.26. The van der Waals surface area contributed by atoms with E-state index in [1.807, 2.05) is 30.3 Å². The zero-order chi connectivity index (χ0) is 10.8. The van der Waals surface area contributed by atoms with Crippen LogP contribution in [0.15, 0.2) is 47.4 Å². The van der Waals surface area contributed by atoms with Crippen LogP contribution in [0.2, 0.25) is 0 Å². The van der Waals surface area contributed by atoms with Gasteiger partial charge in [0, 0.05) is 4.90 Å². The van der Waals surface area contributed by atoms with Crippen LogP contribution in [0.3, 0.4) is 0 Å². The van der Waals surface area contributed by atoms with Gasteiger partial charge < -0.3 is 0 Å². The van der Waals surface area contributed by atoms with Crippen molar-refractivity contribution in [2.45, 2.75) is 11.8 Å². The van der Waals surface area contributed by atoms with Crippen molar-refractivity contribution in [1.29, 1.82) is 0 Å². The molecule has 0 nitrogen and oxygen atoms in total. The van der Waals surface area contributed by atoms with Gasteiger partial charge >= 0.3 is 0 Å². The Labute approximate surface area is 94.2 Å². The van der Waals surface area contributed by atoms with Gasteiger partial charge in [-0.3, -0.25) is 0 Å². The molecule has 0 aromatic heterocycles. The molecule has 2 rings (SSSR count). The fourth-order valence-electron chi connectivity index (χ4n) is 1.46. The van der Waals surface area contributed by atoms with Crippen molar-refractivity contribution >= 4 is 12.6 Å². The molecule has 0 saturated carbocycles.